The minimum Gasteiger partial charge on any atom is -0.373 e. The molecule has 2 aromatic carbocycles. The summed E-state index contributed by atoms with van der Waals surface area (Å²) < 4.78 is 0. The third-order valence-electron chi connectivity index (χ3n) is 5.09. The lowest BCUT2D eigenvalue weighted by molar-refractivity contribution is 0.309. The molecule has 0 saturated heterocycles. The van der Waals surface area contributed by atoms with E-state index in [0.717, 1.165) is 19.5 Å². The monoisotopic (exact) mass is 389 g/mol. The number of benzene rings is 2. The first-order chi connectivity index (χ1) is 12.0. The highest BCUT2D eigenvalue weighted by atomic mass is 35.5. The molecule has 3 rings (SSSR count). The highest BCUT2D eigenvalue weighted by Gasteiger charge is 2.19. The van der Waals surface area contributed by atoms with Crippen molar-refractivity contribution in [2.45, 2.75) is 39.2 Å². The van der Waals surface area contributed by atoms with E-state index in [1.807, 2.05) is 0 Å². The van der Waals surface area contributed by atoms with E-state index in [-0.39, 0.29) is 17.8 Å². The van der Waals surface area contributed by atoms with Crippen molar-refractivity contribution >= 4 is 30.1 Å². The Bertz CT molecular complexity index is 734. The van der Waals surface area contributed by atoms with Crippen molar-refractivity contribution in [1.29, 1.82) is 0 Å². The van der Waals surface area contributed by atoms with Gasteiger partial charge in [0.1, 0.15) is 0 Å². The van der Waals surface area contributed by atoms with E-state index >= 15 is 0 Å². The molecule has 0 fully saturated rings. The van der Waals surface area contributed by atoms with E-state index in [2.05, 4.69) is 86.5 Å². The second-order valence-corrected chi connectivity index (χ2v) is 8.23. The van der Waals surface area contributed by atoms with Crippen LogP contribution in [-0.2, 0) is 18.4 Å². The van der Waals surface area contributed by atoms with Gasteiger partial charge in [-0.05, 0) is 46.9 Å². The van der Waals surface area contributed by atoms with Crippen LogP contribution in [0.25, 0.3) is 6.08 Å². The van der Waals surface area contributed by atoms with Gasteiger partial charge >= 0.3 is 0 Å². The fourth-order valence-electron chi connectivity index (χ4n) is 3.46. The summed E-state index contributed by atoms with van der Waals surface area (Å²) >= 11 is 6.08. The molecule has 0 N–H and O–H groups in total. The Labute approximate surface area is 169 Å². The molecule has 0 aliphatic carbocycles. The van der Waals surface area contributed by atoms with E-state index in [0.29, 0.717) is 11.8 Å². The van der Waals surface area contributed by atoms with Gasteiger partial charge in [0.15, 0.2) is 0 Å². The molecule has 0 amide bonds. The summed E-state index contributed by atoms with van der Waals surface area (Å²) in [6.45, 7) is 8.82. The standard InChI is InChI=1S/C23H28ClN.ClH/c1-18(14-19-8-10-22(11-9-19)23(2,3)17-24)15-25-13-12-20-6-4-5-7-21(20)16-25;/h4-13,18H,14-17H2,1-3H3;1H. The Balaban J connectivity index is 0.00000243. The minimum absolute atomic E-state index is 0. The first-order valence-corrected chi connectivity index (χ1v) is 9.67. The van der Waals surface area contributed by atoms with Crippen molar-refractivity contribution in [3.8, 4) is 0 Å². The topological polar surface area (TPSA) is 3.24 Å². The number of hydrogen-bond acceptors (Lipinski definition) is 1. The Kier molecular flexibility index (Phi) is 7.20. The van der Waals surface area contributed by atoms with E-state index in [1.165, 1.54) is 22.3 Å². The first kappa shape index (κ1) is 20.9. The van der Waals surface area contributed by atoms with Gasteiger partial charge in [0.05, 0.1) is 0 Å². The van der Waals surface area contributed by atoms with Crippen molar-refractivity contribution in [3.05, 3.63) is 77.0 Å². The van der Waals surface area contributed by atoms with Gasteiger partial charge in [0, 0.05) is 24.4 Å². The zero-order chi connectivity index (χ0) is 17.9. The maximum absolute atomic E-state index is 6.08. The molecule has 1 atom stereocenters. The maximum Gasteiger partial charge on any atom is 0.0430 e. The summed E-state index contributed by atoms with van der Waals surface area (Å²) in [5.41, 5.74) is 5.53. The van der Waals surface area contributed by atoms with Crippen LogP contribution in [0.15, 0.2) is 54.7 Å². The smallest absolute Gasteiger partial charge is 0.0430 e. The summed E-state index contributed by atoms with van der Waals surface area (Å²) in [5.74, 6) is 1.26. The fraction of sp³-hybridized carbons (Fsp3) is 0.391. The van der Waals surface area contributed by atoms with E-state index in [1.54, 1.807) is 0 Å². The number of fused-ring (bicyclic) bond motifs is 1. The van der Waals surface area contributed by atoms with Gasteiger partial charge in [-0.3, -0.25) is 0 Å². The molecule has 1 unspecified atom stereocenters. The average Bonchev–Trinajstić information content (AvgIpc) is 2.62. The summed E-state index contributed by atoms with van der Waals surface area (Å²) in [5, 5.41) is 0. The van der Waals surface area contributed by atoms with Gasteiger partial charge in [0.25, 0.3) is 0 Å². The van der Waals surface area contributed by atoms with Gasteiger partial charge in [-0.25, -0.2) is 0 Å². The molecule has 26 heavy (non-hydrogen) atoms. The Morgan fingerprint density at radius 1 is 1.08 bits per heavy atom. The predicted octanol–water partition coefficient (Wildman–Crippen LogP) is 6.29. The van der Waals surface area contributed by atoms with Crippen LogP contribution in [0, 0.1) is 5.92 Å². The zero-order valence-electron chi connectivity index (χ0n) is 15.9. The third-order valence-corrected chi connectivity index (χ3v) is 5.76. The minimum atomic E-state index is 0. The Hall–Kier alpha value is -1.44. The van der Waals surface area contributed by atoms with E-state index < -0.39 is 0 Å². The lowest BCUT2D eigenvalue weighted by Crippen LogP contribution is -2.26. The molecule has 2 aromatic rings. The number of alkyl halides is 1. The number of halogens is 2. The second-order valence-electron chi connectivity index (χ2n) is 7.97. The lowest BCUT2D eigenvalue weighted by atomic mass is 9.86. The molecule has 1 aliphatic heterocycles. The Morgan fingerprint density at radius 3 is 2.46 bits per heavy atom. The van der Waals surface area contributed by atoms with Crippen molar-refractivity contribution in [1.82, 2.24) is 4.90 Å². The van der Waals surface area contributed by atoms with Crippen LogP contribution in [0.1, 0.15) is 43.0 Å². The molecular formula is C23H29Cl2N. The van der Waals surface area contributed by atoms with Crippen LogP contribution in [0.5, 0.6) is 0 Å². The number of nitrogens with zero attached hydrogens (tertiary/aromatic N) is 1. The SMILES string of the molecule is CC(Cc1ccc(C(C)(C)CCl)cc1)CN1C=Cc2ccccc2C1.Cl. The molecule has 0 spiro atoms. The highest BCUT2D eigenvalue weighted by Crippen LogP contribution is 2.26. The molecule has 1 aliphatic rings. The average molecular weight is 390 g/mol. The third kappa shape index (κ3) is 5.05. The lowest BCUT2D eigenvalue weighted by Gasteiger charge is -2.28. The van der Waals surface area contributed by atoms with Gasteiger partial charge in [-0.15, -0.1) is 24.0 Å². The first-order valence-electron chi connectivity index (χ1n) is 9.13. The van der Waals surface area contributed by atoms with E-state index in [9.17, 15) is 0 Å². The summed E-state index contributed by atoms with van der Waals surface area (Å²) in [6.07, 6.45) is 5.58. The summed E-state index contributed by atoms with van der Waals surface area (Å²) in [4.78, 5) is 2.43. The van der Waals surface area contributed by atoms with Crippen LogP contribution >= 0.6 is 24.0 Å². The molecule has 0 radical (unpaired) electrons. The molecule has 0 bridgehead atoms. The van der Waals surface area contributed by atoms with Crippen LogP contribution in [-0.4, -0.2) is 17.3 Å². The van der Waals surface area contributed by atoms with Crippen LogP contribution < -0.4 is 0 Å². The zero-order valence-corrected chi connectivity index (χ0v) is 17.5. The molecular weight excluding hydrogens is 361 g/mol. The fourth-order valence-corrected chi connectivity index (χ4v) is 3.61. The van der Waals surface area contributed by atoms with Gasteiger partial charge in [-0.1, -0.05) is 69.3 Å². The van der Waals surface area contributed by atoms with Gasteiger partial charge in [-0.2, -0.15) is 0 Å². The molecule has 3 heteroatoms. The van der Waals surface area contributed by atoms with Crippen LogP contribution in [0.2, 0.25) is 0 Å². The molecule has 0 saturated carbocycles. The van der Waals surface area contributed by atoms with Crippen molar-refractivity contribution in [2.75, 3.05) is 12.4 Å². The quantitative estimate of drug-likeness (QED) is 0.524. The highest BCUT2D eigenvalue weighted by molar-refractivity contribution is 6.18. The summed E-state index contributed by atoms with van der Waals surface area (Å²) in [7, 11) is 0. The van der Waals surface area contributed by atoms with Crippen molar-refractivity contribution in [3.63, 3.8) is 0 Å². The molecule has 140 valence electrons. The van der Waals surface area contributed by atoms with E-state index in [4.69, 9.17) is 11.6 Å². The number of rotatable bonds is 6. The normalized spacial score (nSPS) is 14.5. The molecule has 1 nitrogen and oxygen atoms in total. The van der Waals surface area contributed by atoms with Gasteiger partial charge < -0.3 is 4.90 Å². The summed E-state index contributed by atoms with van der Waals surface area (Å²) in [6, 6.07) is 17.7. The molecule has 0 aromatic heterocycles. The maximum atomic E-state index is 6.08. The number of hydrogen-bond donors (Lipinski definition) is 0. The Morgan fingerprint density at radius 2 is 1.77 bits per heavy atom. The van der Waals surface area contributed by atoms with Crippen LogP contribution in [0.3, 0.4) is 0 Å². The van der Waals surface area contributed by atoms with Crippen LogP contribution in [0.4, 0.5) is 0 Å². The predicted molar refractivity (Wildman–Crippen MR) is 116 cm³/mol. The molecule has 1 heterocycles. The van der Waals surface area contributed by atoms with Gasteiger partial charge in [0.2, 0.25) is 0 Å². The second kappa shape index (κ2) is 8.97. The van der Waals surface area contributed by atoms with Crippen molar-refractivity contribution in [2.24, 2.45) is 5.92 Å². The largest absolute Gasteiger partial charge is 0.373 e. The van der Waals surface area contributed by atoms with Crippen molar-refractivity contribution < 1.29 is 0 Å².